The van der Waals surface area contributed by atoms with E-state index in [2.05, 4.69) is 37.2 Å². The minimum absolute atomic E-state index is 0.300. The fourth-order valence-electron chi connectivity index (χ4n) is 3.53. The largest absolute Gasteiger partial charge is 0.411 e. The summed E-state index contributed by atoms with van der Waals surface area (Å²) in [5.41, 5.74) is 3.71. The van der Waals surface area contributed by atoms with Crippen molar-refractivity contribution in [2.24, 2.45) is 5.16 Å². The van der Waals surface area contributed by atoms with Gasteiger partial charge >= 0.3 is 0 Å². The Hall–Kier alpha value is -1.31. The molecule has 0 amide bonds. The summed E-state index contributed by atoms with van der Waals surface area (Å²) < 4.78 is 0. The summed E-state index contributed by atoms with van der Waals surface area (Å²) in [7, 11) is 0. The van der Waals surface area contributed by atoms with Crippen LogP contribution in [0.3, 0.4) is 0 Å². The van der Waals surface area contributed by atoms with Crippen LogP contribution in [0.15, 0.2) is 29.4 Å². The number of hydrogen-bond donors (Lipinski definition) is 1. The number of fused-ring (bicyclic) bond motifs is 1. The van der Waals surface area contributed by atoms with Crippen LogP contribution >= 0.6 is 0 Å². The number of oxime groups is 1. The molecule has 0 aromatic heterocycles. The van der Waals surface area contributed by atoms with E-state index in [1.54, 1.807) is 0 Å². The van der Waals surface area contributed by atoms with Gasteiger partial charge in [0.15, 0.2) is 0 Å². The molecule has 2 nitrogen and oxygen atoms in total. The lowest BCUT2D eigenvalue weighted by Crippen LogP contribution is -2.33. The molecule has 1 N–H and O–H groups in total. The van der Waals surface area contributed by atoms with E-state index in [4.69, 9.17) is 5.21 Å². The molecule has 2 heteroatoms. The van der Waals surface area contributed by atoms with E-state index in [0.29, 0.717) is 5.41 Å². The van der Waals surface area contributed by atoms with Crippen LogP contribution in [0.5, 0.6) is 0 Å². The average molecular weight is 245 g/mol. The molecule has 0 saturated heterocycles. The molecule has 0 radical (unpaired) electrons. The van der Waals surface area contributed by atoms with Crippen LogP contribution in [-0.4, -0.2) is 10.9 Å². The van der Waals surface area contributed by atoms with E-state index in [-0.39, 0.29) is 0 Å². The van der Waals surface area contributed by atoms with Crippen LogP contribution in [0.25, 0.3) is 0 Å². The Bertz CT molecular complexity index is 430. The highest BCUT2D eigenvalue weighted by Gasteiger charge is 2.36. The molecule has 2 rings (SSSR count). The molecule has 0 aliphatic heterocycles. The van der Waals surface area contributed by atoms with Crippen molar-refractivity contribution >= 4 is 5.71 Å². The highest BCUT2D eigenvalue weighted by Crippen LogP contribution is 2.44. The Morgan fingerprint density at radius 3 is 2.44 bits per heavy atom. The molecule has 0 fully saturated rings. The molecule has 98 valence electrons. The summed E-state index contributed by atoms with van der Waals surface area (Å²) in [6.45, 7) is 4.52. The zero-order valence-corrected chi connectivity index (χ0v) is 11.4. The second-order valence-corrected chi connectivity index (χ2v) is 5.37. The molecule has 0 spiro atoms. The smallest absolute Gasteiger partial charge is 0.0871 e. The van der Waals surface area contributed by atoms with E-state index in [9.17, 15) is 0 Å². The quantitative estimate of drug-likeness (QED) is 0.615. The number of rotatable bonds is 4. The maximum Gasteiger partial charge on any atom is 0.0871 e. The molecule has 1 aromatic rings. The predicted molar refractivity (Wildman–Crippen MR) is 75.5 cm³/mol. The van der Waals surface area contributed by atoms with Gasteiger partial charge in [-0.15, -0.1) is 0 Å². The minimum atomic E-state index is 0.300. The first-order valence-electron chi connectivity index (χ1n) is 7.08. The lowest BCUT2D eigenvalue weighted by atomic mass is 9.65. The Kier molecular flexibility index (Phi) is 4.05. The van der Waals surface area contributed by atoms with E-state index < -0.39 is 0 Å². The summed E-state index contributed by atoms with van der Waals surface area (Å²) in [4.78, 5) is 0. The maximum absolute atomic E-state index is 9.16. The van der Waals surface area contributed by atoms with Crippen LogP contribution in [0, 0.1) is 0 Å². The molecule has 1 aromatic carbocycles. The van der Waals surface area contributed by atoms with Crippen LogP contribution in [0.1, 0.15) is 63.5 Å². The summed E-state index contributed by atoms with van der Waals surface area (Å²) in [6, 6.07) is 8.48. The Balaban J connectivity index is 2.51. The monoisotopic (exact) mass is 245 g/mol. The summed E-state index contributed by atoms with van der Waals surface area (Å²) in [5.74, 6) is 0. The van der Waals surface area contributed by atoms with Gasteiger partial charge in [0.2, 0.25) is 0 Å². The third-order valence-corrected chi connectivity index (χ3v) is 4.23. The van der Waals surface area contributed by atoms with Crippen molar-refractivity contribution in [2.45, 2.75) is 57.8 Å². The highest BCUT2D eigenvalue weighted by molar-refractivity contribution is 6.02. The molecule has 1 aliphatic rings. The fraction of sp³-hybridized carbons (Fsp3) is 0.562. The van der Waals surface area contributed by atoms with Gasteiger partial charge in [-0.1, -0.05) is 56.1 Å². The number of nitrogens with zero attached hydrogens (tertiary/aromatic N) is 1. The Morgan fingerprint density at radius 2 is 1.83 bits per heavy atom. The van der Waals surface area contributed by atoms with Crippen molar-refractivity contribution in [1.82, 2.24) is 0 Å². The van der Waals surface area contributed by atoms with Gasteiger partial charge in [-0.3, -0.25) is 0 Å². The lowest BCUT2D eigenvalue weighted by Gasteiger charge is -2.39. The van der Waals surface area contributed by atoms with Gasteiger partial charge in [-0.25, -0.2) is 0 Å². The van der Waals surface area contributed by atoms with Crippen LogP contribution in [0.4, 0.5) is 0 Å². The van der Waals surface area contributed by atoms with Crippen molar-refractivity contribution in [3.05, 3.63) is 35.4 Å². The highest BCUT2D eigenvalue weighted by atomic mass is 16.4. The van der Waals surface area contributed by atoms with E-state index >= 15 is 0 Å². The van der Waals surface area contributed by atoms with E-state index in [1.807, 2.05) is 6.07 Å². The molecule has 0 heterocycles. The average Bonchev–Trinajstić information content (AvgIpc) is 2.40. The number of hydrogen-bond acceptors (Lipinski definition) is 2. The van der Waals surface area contributed by atoms with Gasteiger partial charge in [0.1, 0.15) is 0 Å². The summed E-state index contributed by atoms with van der Waals surface area (Å²) in [6.07, 6.45) is 6.89. The number of benzene rings is 1. The van der Waals surface area contributed by atoms with Gasteiger partial charge in [-0.2, -0.15) is 0 Å². The first-order chi connectivity index (χ1) is 8.77. The van der Waals surface area contributed by atoms with Gasteiger partial charge < -0.3 is 5.21 Å². The van der Waals surface area contributed by atoms with Crippen LogP contribution < -0.4 is 0 Å². The molecular weight excluding hydrogens is 222 g/mol. The Labute approximate surface area is 110 Å². The molecule has 1 aliphatic carbocycles. The molecule has 0 bridgehead atoms. The lowest BCUT2D eigenvalue weighted by molar-refractivity contribution is 0.305. The summed E-state index contributed by atoms with van der Waals surface area (Å²) in [5, 5.41) is 12.6. The van der Waals surface area contributed by atoms with Crippen molar-refractivity contribution in [3.63, 3.8) is 0 Å². The third kappa shape index (κ3) is 2.16. The SMILES string of the molecule is CCCC1(CCC)CC/C(=N/O)c2ccccc21. The fourth-order valence-corrected chi connectivity index (χ4v) is 3.53. The second kappa shape index (κ2) is 5.55. The Morgan fingerprint density at radius 1 is 1.17 bits per heavy atom. The first-order valence-corrected chi connectivity index (χ1v) is 7.08. The van der Waals surface area contributed by atoms with Crippen molar-refractivity contribution in [3.8, 4) is 0 Å². The molecule has 0 saturated carbocycles. The second-order valence-electron chi connectivity index (χ2n) is 5.37. The third-order valence-electron chi connectivity index (χ3n) is 4.23. The topological polar surface area (TPSA) is 32.6 Å². The van der Waals surface area contributed by atoms with Crippen molar-refractivity contribution < 1.29 is 5.21 Å². The van der Waals surface area contributed by atoms with E-state index in [1.165, 1.54) is 31.2 Å². The van der Waals surface area contributed by atoms with Crippen LogP contribution in [-0.2, 0) is 5.41 Å². The molecular formula is C16H23NO. The maximum atomic E-state index is 9.16. The summed E-state index contributed by atoms with van der Waals surface area (Å²) >= 11 is 0. The van der Waals surface area contributed by atoms with Gasteiger partial charge in [-0.05, 0) is 36.7 Å². The minimum Gasteiger partial charge on any atom is -0.411 e. The van der Waals surface area contributed by atoms with Gasteiger partial charge in [0.05, 0.1) is 5.71 Å². The normalized spacial score (nSPS) is 19.8. The zero-order chi connectivity index (χ0) is 13.0. The van der Waals surface area contributed by atoms with Crippen LogP contribution in [0.2, 0.25) is 0 Å². The van der Waals surface area contributed by atoms with Crippen molar-refractivity contribution in [2.75, 3.05) is 0 Å². The standard InChI is InChI=1S/C16H23NO/c1-3-10-16(11-4-2)12-9-15(17-18)13-7-5-6-8-14(13)16/h5-8,18H,3-4,9-12H2,1-2H3/b17-15-. The first kappa shape index (κ1) is 13.1. The predicted octanol–water partition coefficient (Wildman–Crippen LogP) is 4.50. The van der Waals surface area contributed by atoms with E-state index in [0.717, 1.165) is 24.1 Å². The van der Waals surface area contributed by atoms with Crippen molar-refractivity contribution in [1.29, 1.82) is 0 Å². The molecule has 18 heavy (non-hydrogen) atoms. The molecule has 0 unspecified atom stereocenters. The van der Waals surface area contributed by atoms with Gasteiger partial charge in [0.25, 0.3) is 0 Å². The van der Waals surface area contributed by atoms with Gasteiger partial charge in [0, 0.05) is 5.56 Å². The zero-order valence-electron chi connectivity index (χ0n) is 11.4. The molecule has 0 atom stereocenters.